The predicted octanol–water partition coefficient (Wildman–Crippen LogP) is 1.62. The van der Waals surface area contributed by atoms with Crippen LogP contribution in [0.3, 0.4) is 0 Å². The standard InChI is InChI=1S/C20H22N8O/c1-29-15-4-2-3-13-16(15)26-20(22)28-19(13)27-17(21)10-5-11(6-10)18-24-8-12-7-23-9-14(12)25-18/h2-4,8,10-11,23H,5-7,9H2,1H3,(H4,21,22,26,27,28)/t10-,11+. The van der Waals surface area contributed by atoms with Crippen molar-refractivity contribution in [2.24, 2.45) is 10.9 Å². The number of nitrogen functional groups attached to an aromatic ring is 1. The summed E-state index contributed by atoms with van der Waals surface area (Å²) in [6, 6.07) is 5.59. The maximum atomic E-state index is 8.47. The van der Waals surface area contributed by atoms with Gasteiger partial charge in [0.25, 0.3) is 0 Å². The van der Waals surface area contributed by atoms with E-state index >= 15 is 0 Å². The summed E-state index contributed by atoms with van der Waals surface area (Å²) in [6.07, 6.45) is 3.58. The summed E-state index contributed by atoms with van der Waals surface area (Å²) in [5.74, 6) is 2.43. The zero-order chi connectivity index (χ0) is 20.0. The van der Waals surface area contributed by atoms with Crippen LogP contribution < -0.4 is 21.3 Å². The SMILES string of the molecule is COc1cccc2/c(=N/C(=N)[C@H]3C[C@@H](c4ncc5c(n4)CNC5)C3)[nH]c(N)nc12. The number of benzene rings is 1. The quantitative estimate of drug-likeness (QED) is 0.396. The van der Waals surface area contributed by atoms with Gasteiger partial charge in [-0.25, -0.2) is 19.9 Å². The number of rotatable bonds is 3. The van der Waals surface area contributed by atoms with Crippen LogP contribution in [-0.4, -0.2) is 32.9 Å². The number of nitrogens with one attached hydrogen (secondary N) is 3. The van der Waals surface area contributed by atoms with Crippen molar-refractivity contribution in [1.29, 1.82) is 5.41 Å². The van der Waals surface area contributed by atoms with E-state index in [9.17, 15) is 0 Å². The maximum absolute atomic E-state index is 8.47. The fourth-order valence-electron chi connectivity index (χ4n) is 3.95. The first-order valence-electron chi connectivity index (χ1n) is 9.63. The van der Waals surface area contributed by atoms with Crippen LogP contribution in [0.25, 0.3) is 10.9 Å². The number of nitrogens with zero attached hydrogens (tertiary/aromatic N) is 4. The second-order valence-corrected chi connectivity index (χ2v) is 7.49. The molecule has 0 saturated heterocycles. The lowest BCUT2D eigenvalue weighted by Crippen LogP contribution is -2.30. The van der Waals surface area contributed by atoms with E-state index in [0.29, 0.717) is 22.6 Å². The number of aromatic amines is 1. The van der Waals surface area contributed by atoms with Gasteiger partial charge in [0, 0.05) is 42.1 Å². The Hall–Kier alpha value is -3.33. The van der Waals surface area contributed by atoms with Crippen LogP contribution in [-0.2, 0) is 13.1 Å². The molecule has 1 saturated carbocycles. The number of hydrogen-bond acceptors (Lipinski definition) is 7. The van der Waals surface area contributed by atoms with Crippen molar-refractivity contribution in [1.82, 2.24) is 25.3 Å². The first kappa shape index (κ1) is 17.7. The van der Waals surface area contributed by atoms with Gasteiger partial charge in [-0.15, -0.1) is 0 Å². The number of methoxy groups -OCH3 is 1. The van der Waals surface area contributed by atoms with Gasteiger partial charge in [0.2, 0.25) is 0 Å². The van der Waals surface area contributed by atoms with Crippen LogP contribution in [0, 0.1) is 11.3 Å². The number of nitrogens with two attached hydrogens (primary N) is 1. The lowest BCUT2D eigenvalue weighted by molar-refractivity contribution is 0.327. The van der Waals surface area contributed by atoms with Gasteiger partial charge in [0.05, 0.1) is 12.8 Å². The molecule has 9 heteroatoms. The zero-order valence-electron chi connectivity index (χ0n) is 16.1. The number of anilines is 1. The van der Waals surface area contributed by atoms with E-state index in [2.05, 4.69) is 25.3 Å². The van der Waals surface area contributed by atoms with Gasteiger partial charge >= 0.3 is 0 Å². The molecule has 0 bridgehead atoms. The minimum Gasteiger partial charge on any atom is -0.494 e. The highest BCUT2D eigenvalue weighted by Gasteiger charge is 2.35. The molecule has 0 amide bonds. The summed E-state index contributed by atoms with van der Waals surface area (Å²) in [5.41, 5.74) is 9.35. The molecule has 9 nitrogen and oxygen atoms in total. The molecule has 1 fully saturated rings. The zero-order valence-corrected chi connectivity index (χ0v) is 16.1. The van der Waals surface area contributed by atoms with Crippen molar-refractivity contribution in [2.75, 3.05) is 12.8 Å². The van der Waals surface area contributed by atoms with Crippen molar-refractivity contribution >= 4 is 22.7 Å². The molecule has 1 aliphatic carbocycles. The van der Waals surface area contributed by atoms with Crippen LogP contribution in [0.15, 0.2) is 29.4 Å². The third-order valence-electron chi connectivity index (χ3n) is 5.66. The van der Waals surface area contributed by atoms with Crippen molar-refractivity contribution in [2.45, 2.75) is 31.8 Å². The first-order chi connectivity index (χ1) is 14.1. The van der Waals surface area contributed by atoms with Crippen LogP contribution >= 0.6 is 0 Å². The second kappa shape index (κ2) is 6.93. The second-order valence-electron chi connectivity index (χ2n) is 7.49. The van der Waals surface area contributed by atoms with Crippen LogP contribution in [0.4, 0.5) is 5.95 Å². The molecule has 0 atom stereocenters. The third-order valence-corrected chi connectivity index (χ3v) is 5.66. The van der Waals surface area contributed by atoms with E-state index in [-0.39, 0.29) is 17.8 Å². The number of amidine groups is 1. The molecule has 3 aromatic rings. The van der Waals surface area contributed by atoms with Crippen molar-refractivity contribution in [3.8, 4) is 5.75 Å². The lowest BCUT2D eigenvalue weighted by Gasteiger charge is -2.33. The predicted molar refractivity (Wildman–Crippen MR) is 108 cm³/mol. The van der Waals surface area contributed by atoms with Crippen LogP contribution in [0.2, 0.25) is 0 Å². The maximum Gasteiger partial charge on any atom is 0.199 e. The Kier molecular flexibility index (Phi) is 4.24. The Balaban J connectivity index is 1.38. The number of para-hydroxylation sites is 1. The highest BCUT2D eigenvalue weighted by atomic mass is 16.5. The van der Waals surface area contributed by atoms with Crippen molar-refractivity contribution in [3.05, 3.63) is 47.0 Å². The molecule has 5 rings (SSSR count). The minimum absolute atomic E-state index is 0.0819. The van der Waals surface area contributed by atoms with E-state index in [1.807, 2.05) is 24.4 Å². The summed E-state index contributed by atoms with van der Waals surface area (Å²) in [6.45, 7) is 1.65. The number of aromatic nitrogens is 4. The number of hydrogen-bond donors (Lipinski definition) is 4. The Labute approximate surface area is 167 Å². The summed E-state index contributed by atoms with van der Waals surface area (Å²) in [4.78, 5) is 21.1. The van der Waals surface area contributed by atoms with Crippen molar-refractivity contribution < 1.29 is 4.74 Å². The normalized spacial score (nSPS) is 21.1. The smallest absolute Gasteiger partial charge is 0.199 e. The van der Waals surface area contributed by atoms with Gasteiger partial charge < -0.3 is 20.8 Å². The molecule has 1 aliphatic heterocycles. The van der Waals surface area contributed by atoms with E-state index in [0.717, 1.165) is 42.8 Å². The minimum atomic E-state index is 0.0819. The molecule has 3 heterocycles. The molecule has 148 valence electrons. The molecule has 0 spiro atoms. The summed E-state index contributed by atoms with van der Waals surface area (Å²) in [7, 11) is 1.59. The fraction of sp³-hybridized carbons (Fsp3) is 0.350. The summed E-state index contributed by atoms with van der Waals surface area (Å²) in [5, 5.41) is 12.5. The molecule has 2 aliphatic rings. The molecule has 0 radical (unpaired) electrons. The van der Waals surface area contributed by atoms with Crippen molar-refractivity contribution in [3.63, 3.8) is 0 Å². The van der Waals surface area contributed by atoms with E-state index in [1.165, 1.54) is 5.56 Å². The summed E-state index contributed by atoms with van der Waals surface area (Å²) < 4.78 is 5.37. The van der Waals surface area contributed by atoms with Gasteiger partial charge in [0.1, 0.15) is 28.4 Å². The Bertz CT molecular complexity index is 1180. The molecule has 0 unspecified atom stereocenters. The molecule has 2 aromatic heterocycles. The molecular formula is C20H22N8O. The molecule has 1 aromatic carbocycles. The van der Waals surface area contributed by atoms with E-state index in [1.54, 1.807) is 7.11 Å². The first-order valence-corrected chi connectivity index (χ1v) is 9.63. The average molecular weight is 390 g/mol. The lowest BCUT2D eigenvalue weighted by atomic mass is 9.73. The van der Waals surface area contributed by atoms with Gasteiger partial charge in [-0.2, -0.15) is 0 Å². The topological polar surface area (TPSA) is 138 Å². The third kappa shape index (κ3) is 3.13. The number of H-pyrrole nitrogens is 1. The monoisotopic (exact) mass is 390 g/mol. The van der Waals surface area contributed by atoms with Crippen LogP contribution in [0.1, 0.15) is 35.8 Å². The largest absolute Gasteiger partial charge is 0.494 e. The Morgan fingerprint density at radius 3 is 2.97 bits per heavy atom. The Morgan fingerprint density at radius 1 is 1.28 bits per heavy atom. The summed E-state index contributed by atoms with van der Waals surface area (Å²) >= 11 is 0. The molecular weight excluding hydrogens is 368 g/mol. The number of ether oxygens (including phenoxy) is 1. The van der Waals surface area contributed by atoms with Gasteiger partial charge in [-0.05, 0) is 25.0 Å². The van der Waals surface area contributed by atoms with Gasteiger partial charge in [0.15, 0.2) is 5.95 Å². The fourth-order valence-corrected chi connectivity index (χ4v) is 3.95. The highest BCUT2D eigenvalue weighted by molar-refractivity contribution is 5.87. The molecule has 29 heavy (non-hydrogen) atoms. The van der Waals surface area contributed by atoms with Gasteiger partial charge in [-0.1, -0.05) is 6.07 Å². The van der Waals surface area contributed by atoms with Gasteiger partial charge in [-0.3, -0.25) is 5.41 Å². The average Bonchev–Trinajstić information content (AvgIpc) is 3.14. The van der Waals surface area contributed by atoms with Crippen LogP contribution in [0.5, 0.6) is 5.75 Å². The van der Waals surface area contributed by atoms with E-state index < -0.39 is 0 Å². The van der Waals surface area contributed by atoms with E-state index in [4.69, 9.17) is 20.9 Å². The highest BCUT2D eigenvalue weighted by Crippen LogP contribution is 2.41. The Morgan fingerprint density at radius 2 is 2.14 bits per heavy atom. The number of fused-ring (bicyclic) bond motifs is 2. The molecule has 5 N–H and O–H groups in total.